The predicted octanol–water partition coefficient (Wildman–Crippen LogP) is 0.706. The molecule has 0 saturated carbocycles. The molecule has 0 aromatic carbocycles. The van der Waals surface area contributed by atoms with Gasteiger partial charge in [0.15, 0.2) is 0 Å². The lowest BCUT2D eigenvalue weighted by atomic mass is 10.4. The molecule has 2 N–H and O–H groups in total. The summed E-state index contributed by atoms with van der Waals surface area (Å²) in [5, 5.41) is 3.64. The molecule has 13 heavy (non-hydrogen) atoms. The molecule has 0 aliphatic rings. The van der Waals surface area contributed by atoms with Gasteiger partial charge in [0.2, 0.25) is 5.91 Å². The lowest BCUT2D eigenvalue weighted by molar-refractivity contribution is -0.119. The predicted molar refractivity (Wildman–Crippen MR) is 42.9 cm³/mol. The molecule has 0 aromatic rings. The second-order valence-electron chi connectivity index (χ2n) is 2.09. The summed E-state index contributed by atoms with van der Waals surface area (Å²) in [4.78, 5) is 21.3. The van der Waals surface area contributed by atoms with Crippen molar-refractivity contribution in [1.82, 2.24) is 10.6 Å². The van der Waals surface area contributed by atoms with E-state index in [9.17, 15) is 18.4 Å². The van der Waals surface area contributed by atoms with Gasteiger partial charge in [-0.25, -0.2) is 13.6 Å². The third-order valence-electron chi connectivity index (χ3n) is 0.991. The van der Waals surface area contributed by atoms with Gasteiger partial charge in [-0.15, -0.1) is 11.6 Å². The number of hydrogen-bond acceptors (Lipinski definition) is 2. The highest BCUT2D eigenvalue weighted by Gasteiger charge is 2.08. The molecule has 3 amide bonds. The van der Waals surface area contributed by atoms with Crippen molar-refractivity contribution in [2.24, 2.45) is 0 Å². The van der Waals surface area contributed by atoms with E-state index in [2.05, 4.69) is 0 Å². The monoisotopic (exact) mass is 214 g/mol. The van der Waals surface area contributed by atoms with Gasteiger partial charge in [0.05, 0.1) is 6.54 Å². The van der Waals surface area contributed by atoms with Crippen LogP contribution in [0.5, 0.6) is 0 Å². The van der Waals surface area contributed by atoms with Crippen LogP contribution in [0.1, 0.15) is 6.42 Å². The van der Waals surface area contributed by atoms with E-state index in [1.165, 1.54) is 0 Å². The van der Waals surface area contributed by atoms with Crippen molar-refractivity contribution in [3.63, 3.8) is 0 Å². The average molecular weight is 215 g/mol. The van der Waals surface area contributed by atoms with Gasteiger partial charge in [-0.1, -0.05) is 0 Å². The summed E-state index contributed by atoms with van der Waals surface area (Å²) in [6.45, 7) is -0.778. The fourth-order valence-electron chi connectivity index (χ4n) is 0.489. The van der Waals surface area contributed by atoms with Crippen LogP contribution in [0, 0.1) is 0 Å². The molecule has 0 bridgehead atoms. The van der Waals surface area contributed by atoms with Gasteiger partial charge >= 0.3 is 6.03 Å². The third-order valence-corrected chi connectivity index (χ3v) is 1.18. The van der Waals surface area contributed by atoms with Crippen LogP contribution < -0.4 is 10.6 Å². The van der Waals surface area contributed by atoms with Gasteiger partial charge in [-0.2, -0.15) is 0 Å². The molecule has 0 radical (unpaired) electrons. The van der Waals surface area contributed by atoms with E-state index < -0.39 is 24.9 Å². The molecule has 0 heterocycles. The molecular formula is C6H9ClF2N2O2. The minimum Gasteiger partial charge on any atom is -0.332 e. The molecule has 0 fully saturated rings. The summed E-state index contributed by atoms with van der Waals surface area (Å²) in [6, 6.07) is -0.935. The number of urea groups is 1. The molecule has 0 atom stereocenters. The van der Waals surface area contributed by atoms with E-state index in [0.717, 1.165) is 0 Å². The number of nitrogens with one attached hydrogen (secondary N) is 2. The number of carbonyl (C=O) groups is 2. The second-order valence-corrected chi connectivity index (χ2v) is 2.47. The maximum Gasteiger partial charge on any atom is 0.321 e. The molecule has 0 spiro atoms. The Morgan fingerprint density at radius 1 is 1.38 bits per heavy atom. The Labute approximate surface area is 78.6 Å². The SMILES string of the molecule is O=C(CCCl)NC(=O)NCC(F)F. The van der Waals surface area contributed by atoms with Crippen LogP contribution in [0.4, 0.5) is 13.6 Å². The van der Waals surface area contributed by atoms with Crippen molar-refractivity contribution < 1.29 is 18.4 Å². The first kappa shape index (κ1) is 12.1. The normalized spacial score (nSPS) is 9.85. The number of hydrogen-bond donors (Lipinski definition) is 2. The highest BCUT2D eigenvalue weighted by Crippen LogP contribution is 1.88. The molecule has 0 aromatic heterocycles. The number of imide groups is 1. The Balaban J connectivity index is 3.56. The first-order chi connectivity index (χ1) is 6.06. The van der Waals surface area contributed by atoms with Crippen molar-refractivity contribution in [3.05, 3.63) is 0 Å². The van der Waals surface area contributed by atoms with Gasteiger partial charge in [0, 0.05) is 12.3 Å². The molecule has 0 aliphatic heterocycles. The summed E-state index contributed by atoms with van der Waals surface area (Å²) < 4.78 is 23.1. The Hall–Kier alpha value is -0.910. The first-order valence-electron chi connectivity index (χ1n) is 3.48. The summed E-state index contributed by atoms with van der Waals surface area (Å²) in [7, 11) is 0. The number of rotatable bonds is 4. The summed E-state index contributed by atoms with van der Waals surface area (Å²) >= 11 is 5.19. The van der Waals surface area contributed by atoms with Gasteiger partial charge < -0.3 is 5.32 Å². The van der Waals surface area contributed by atoms with Crippen LogP contribution in [0.15, 0.2) is 0 Å². The fourth-order valence-corrected chi connectivity index (χ4v) is 0.661. The lowest BCUT2D eigenvalue weighted by Crippen LogP contribution is -2.41. The number of carbonyl (C=O) groups excluding carboxylic acids is 2. The maximum atomic E-state index is 11.5. The summed E-state index contributed by atoms with van der Waals surface area (Å²) in [5.41, 5.74) is 0. The molecule has 76 valence electrons. The van der Waals surface area contributed by atoms with Crippen molar-refractivity contribution >= 4 is 23.5 Å². The van der Waals surface area contributed by atoms with Crippen molar-refractivity contribution in [2.45, 2.75) is 12.8 Å². The molecule has 0 rings (SSSR count). The van der Waals surface area contributed by atoms with Gasteiger partial charge in [-0.3, -0.25) is 10.1 Å². The minimum atomic E-state index is -2.63. The highest BCUT2D eigenvalue weighted by molar-refractivity contribution is 6.19. The van der Waals surface area contributed by atoms with E-state index in [-0.39, 0.29) is 12.3 Å². The second kappa shape index (κ2) is 6.59. The van der Waals surface area contributed by atoms with E-state index in [0.29, 0.717) is 0 Å². The lowest BCUT2D eigenvalue weighted by Gasteiger charge is -2.04. The third kappa shape index (κ3) is 7.45. The van der Waals surface area contributed by atoms with Crippen LogP contribution in [0.2, 0.25) is 0 Å². The topological polar surface area (TPSA) is 58.2 Å². The van der Waals surface area contributed by atoms with E-state index in [1.807, 2.05) is 10.6 Å². The number of amides is 3. The van der Waals surface area contributed by atoms with Crippen LogP contribution in [-0.2, 0) is 4.79 Å². The van der Waals surface area contributed by atoms with Gasteiger partial charge in [0.1, 0.15) is 0 Å². The molecule has 0 saturated heterocycles. The van der Waals surface area contributed by atoms with Gasteiger partial charge in [0.25, 0.3) is 6.43 Å². The van der Waals surface area contributed by atoms with Crippen LogP contribution in [0.25, 0.3) is 0 Å². The Morgan fingerprint density at radius 2 is 2.00 bits per heavy atom. The zero-order chi connectivity index (χ0) is 10.3. The van der Waals surface area contributed by atoms with Crippen molar-refractivity contribution in [1.29, 1.82) is 0 Å². The Kier molecular flexibility index (Phi) is 6.13. The maximum absolute atomic E-state index is 11.5. The Bertz CT molecular complexity index is 189. The van der Waals surface area contributed by atoms with Gasteiger partial charge in [-0.05, 0) is 0 Å². The zero-order valence-electron chi connectivity index (χ0n) is 6.65. The number of halogens is 3. The Morgan fingerprint density at radius 3 is 2.46 bits per heavy atom. The first-order valence-corrected chi connectivity index (χ1v) is 4.01. The van der Waals surface area contributed by atoms with E-state index >= 15 is 0 Å². The molecule has 0 unspecified atom stereocenters. The fraction of sp³-hybridized carbons (Fsp3) is 0.667. The standard InChI is InChI=1S/C6H9ClF2N2O2/c7-2-1-5(12)11-6(13)10-3-4(8)9/h4H,1-3H2,(H2,10,11,12,13). The van der Waals surface area contributed by atoms with Crippen LogP contribution in [-0.4, -0.2) is 30.8 Å². The minimum absolute atomic E-state index is 0.0242. The van der Waals surface area contributed by atoms with E-state index in [4.69, 9.17) is 11.6 Å². The quantitative estimate of drug-likeness (QED) is 0.677. The summed E-state index contributed by atoms with van der Waals surface area (Å²) in [5.74, 6) is -0.518. The van der Waals surface area contributed by atoms with Crippen LogP contribution >= 0.6 is 11.6 Å². The molecule has 7 heteroatoms. The molecule has 0 aliphatic carbocycles. The summed E-state index contributed by atoms with van der Waals surface area (Å²) in [6.07, 6.45) is -2.65. The van der Waals surface area contributed by atoms with E-state index in [1.54, 1.807) is 0 Å². The molecule has 4 nitrogen and oxygen atoms in total. The largest absolute Gasteiger partial charge is 0.332 e. The number of alkyl halides is 3. The average Bonchev–Trinajstić information content (AvgIpc) is 2.01. The van der Waals surface area contributed by atoms with Crippen LogP contribution in [0.3, 0.4) is 0 Å². The zero-order valence-corrected chi connectivity index (χ0v) is 7.40. The van der Waals surface area contributed by atoms with Crippen molar-refractivity contribution in [2.75, 3.05) is 12.4 Å². The smallest absolute Gasteiger partial charge is 0.321 e. The van der Waals surface area contributed by atoms with Crippen molar-refractivity contribution in [3.8, 4) is 0 Å². The molecular weight excluding hydrogens is 206 g/mol. The highest BCUT2D eigenvalue weighted by atomic mass is 35.5.